The van der Waals surface area contributed by atoms with Crippen molar-refractivity contribution in [2.75, 3.05) is 23.4 Å². The molecule has 0 saturated carbocycles. The minimum absolute atomic E-state index is 0.230. The molecule has 0 unspecified atom stereocenters. The lowest BCUT2D eigenvalue weighted by molar-refractivity contribution is 0.102. The highest BCUT2D eigenvalue weighted by Gasteiger charge is 2.26. The van der Waals surface area contributed by atoms with Crippen LogP contribution in [0.15, 0.2) is 42.7 Å². The Balaban J connectivity index is 1.46. The molecule has 4 aromatic rings. The summed E-state index contributed by atoms with van der Waals surface area (Å²) < 4.78 is 36.4. The summed E-state index contributed by atoms with van der Waals surface area (Å²) in [6, 6.07) is 8.84. The van der Waals surface area contributed by atoms with E-state index in [1.54, 1.807) is 28.9 Å². The van der Waals surface area contributed by atoms with E-state index >= 15 is 0 Å². The number of carbonyl (C=O) groups excluding carboxylic acids is 1. The average molecular weight is 578 g/mol. The van der Waals surface area contributed by atoms with Crippen LogP contribution in [0.2, 0.25) is 0 Å². The highest BCUT2D eigenvalue weighted by molar-refractivity contribution is 7.92. The van der Waals surface area contributed by atoms with Crippen LogP contribution >= 0.6 is 0 Å². The lowest BCUT2D eigenvalue weighted by Gasteiger charge is -2.26. The van der Waals surface area contributed by atoms with Crippen molar-refractivity contribution in [1.82, 2.24) is 24.5 Å². The number of aryl methyl sites for hydroxylation is 2. The normalized spacial score (nSPS) is 13.5. The van der Waals surface area contributed by atoms with Crippen LogP contribution in [0.25, 0.3) is 17.1 Å². The molecule has 0 aliphatic carbocycles. The van der Waals surface area contributed by atoms with Gasteiger partial charge in [0.15, 0.2) is 5.75 Å². The first-order valence-electron chi connectivity index (χ1n) is 13.4. The number of benzene rings is 2. The zero-order valence-corrected chi connectivity index (χ0v) is 25.0. The number of ether oxygens (including phenoxy) is 1. The van der Waals surface area contributed by atoms with Gasteiger partial charge in [-0.2, -0.15) is 0 Å². The molecule has 2 aromatic carbocycles. The van der Waals surface area contributed by atoms with E-state index in [1.165, 1.54) is 7.11 Å². The highest BCUT2D eigenvalue weighted by Crippen LogP contribution is 2.42. The van der Waals surface area contributed by atoms with E-state index in [-0.39, 0.29) is 17.1 Å². The van der Waals surface area contributed by atoms with Crippen LogP contribution < -0.4 is 14.8 Å². The van der Waals surface area contributed by atoms with Crippen LogP contribution in [0.5, 0.6) is 5.75 Å². The van der Waals surface area contributed by atoms with E-state index < -0.39 is 10.0 Å². The number of anilines is 2. The minimum Gasteiger partial charge on any atom is -0.492 e. The standard InChI is InChI=1S/C29H35N7O4S/c1-18-10-11-19(15-23(18)36-17-22(32-34-36)24-16-30-25-9-7-8-14-35(24)25)28(37)31-21-13-12-20(29(2,3)4)26(27(21)40-5)33-41(6,38)39/h10-13,15-17,33H,7-9,14H2,1-6H3,(H,31,37). The molecule has 1 amide bonds. The first kappa shape index (κ1) is 28.3. The molecule has 0 atom stereocenters. The summed E-state index contributed by atoms with van der Waals surface area (Å²) in [6.45, 7) is 8.76. The third-order valence-electron chi connectivity index (χ3n) is 7.15. The predicted octanol–water partition coefficient (Wildman–Crippen LogP) is 4.71. The topological polar surface area (TPSA) is 133 Å². The van der Waals surface area contributed by atoms with Gasteiger partial charge in [-0.25, -0.2) is 18.1 Å². The van der Waals surface area contributed by atoms with Crippen molar-refractivity contribution in [2.45, 2.75) is 58.9 Å². The largest absolute Gasteiger partial charge is 0.492 e. The first-order valence-corrected chi connectivity index (χ1v) is 15.3. The fraction of sp³-hybridized carbons (Fsp3) is 0.379. The van der Waals surface area contributed by atoms with Gasteiger partial charge in [0.05, 0.1) is 48.5 Å². The quantitative estimate of drug-likeness (QED) is 0.325. The second kappa shape index (κ2) is 10.7. The molecular formula is C29H35N7O4S. The third kappa shape index (κ3) is 5.83. The second-order valence-corrected chi connectivity index (χ2v) is 13.1. The summed E-state index contributed by atoms with van der Waals surface area (Å²) in [5, 5.41) is 11.6. The van der Waals surface area contributed by atoms with Crippen molar-refractivity contribution >= 4 is 27.3 Å². The summed E-state index contributed by atoms with van der Waals surface area (Å²) in [5.74, 6) is 0.911. The number of hydrogen-bond acceptors (Lipinski definition) is 7. The number of amides is 1. The number of hydrogen-bond donors (Lipinski definition) is 2. The minimum atomic E-state index is -3.61. The monoisotopic (exact) mass is 577 g/mol. The van der Waals surface area contributed by atoms with E-state index in [0.717, 1.165) is 60.4 Å². The van der Waals surface area contributed by atoms with Gasteiger partial charge in [0.2, 0.25) is 10.0 Å². The van der Waals surface area contributed by atoms with Gasteiger partial charge in [-0.1, -0.05) is 38.1 Å². The van der Waals surface area contributed by atoms with Gasteiger partial charge in [0, 0.05) is 18.5 Å². The molecular weight excluding hydrogens is 542 g/mol. The Labute approximate surface area is 240 Å². The van der Waals surface area contributed by atoms with Crippen LogP contribution in [0.1, 0.15) is 60.9 Å². The number of nitrogens with one attached hydrogen (secondary N) is 2. The summed E-state index contributed by atoms with van der Waals surface area (Å²) in [4.78, 5) is 18.0. The van der Waals surface area contributed by atoms with Crippen molar-refractivity contribution in [3.8, 4) is 22.8 Å². The maximum Gasteiger partial charge on any atom is 0.255 e. The summed E-state index contributed by atoms with van der Waals surface area (Å²) in [5.41, 5.74) is 4.65. The van der Waals surface area contributed by atoms with E-state index in [0.29, 0.717) is 22.6 Å². The Morgan fingerprint density at radius 1 is 1.12 bits per heavy atom. The van der Waals surface area contributed by atoms with Gasteiger partial charge in [0.25, 0.3) is 5.91 Å². The van der Waals surface area contributed by atoms with Crippen molar-refractivity contribution in [1.29, 1.82) is 0 Å². The van der Waals surface area contributed by atoms with Crippen LogP contribution in [0.4, 0.5) is 11.4 Å². The molecule has 0 spiro atoms. The molecule has 216 valence electrons. The van der Waals surface area contributed by atoms with Crippen LogP contribution in [0, 0.1) is 6.92 Å². The van der Waals surface area contributed by atoms with E-state index in [4.69, 9.17) is 4.74 Å². The number of carbonyl (C=O) groups is 1. The summed E-state index contributed by atoms with van der Waals surface area (Å²) in [7, 11) is -2.18. The van der Waals surface area contributed by atoms with Gasteiger partial charge in [-0.05, 0) is 54.5 Å². The molecule has 1 aliphatic rings. The number of fused-ring (bicyclic) bond motifs is 1. The number of imidazole rings is 1. The van der Waals surface area contributed by atoms with Crippen LogP contribution in [-0.4, -0.2) is 52.2 Å². The molecule has 11 nitrogen and oxygen atoms in total. The molecule has 3 heterocycles. The molecule has 12 heteroatoms. The SMILES string of the molecule is COc1c(NC(=O)c2ccc(C)c(-n3cc(-c4cnc5n4CCCC5)nn3)c2)ccc(C(C)(C)C)c1NS(C)(=O)=O. The number of rotatable bonds is 7. The Bertz CT molecular complexity index is 1730. The Morgan fingerprint density at radius 2 is 1.90 bits per heavy atom. The smallest absolute Gasteiger partial charge is 0.255 e. The van der Waals surface area contributed by atoms with Gasteiger partial charge in [-0.3, -0.25) is 9.52 Å². The molecule has 0 fully saturated rings. The number of aromatic nitrogens is 5. The second-order valence-electron chi connectivity index (χ2n) is 11.4. The van der Waals surface area contributed by atoms with Gasteiger partial charge >= 0.3 is 0 Å². The highest BCUT2D eigenvalue weighted by atomic mass is 32.2. The molecule has 0 radical (unpaired) electrons. The average Bonchev–Trinajstić information content (AvgIpc) is 3.55. The Hall–Kier alpha value is -4.19. The van der Waals surface area contributed by atoms with Gasteiger partial charge in [-0.15, -0.1) is 5.10 Å². The van der Waals surface area contributed by atoms with Crippen LogP contribution in [0.3, 0.4) is 0 Å². The summed E-state index contributed by atoms with van der Waals surface area (Å²) in [6.07, 6.45) is 7.97. The number of sulfonamides is 1. The van der Waals surface area contributed by atoms with Gasteiger partial charge in [0.1, 0.15) is 11.5 Å². The van der Waals surface area contributed by atoms with Gasteiger partial charge < -0.3 is 14.6 Å². The zero-order valence-electron chi connectivity index (χ0n) is 24.1. The van der Waals surface area contributed by atoms with Crippen molar-refractivity contribution in [2.24, 2.45) is 0 Å². The van der Waals surface area contributed by atoms with Crippen molar-refractivity contribution in [3.63, 3.8) is 0 Å². The van der Waals surface area contributed by atoms with Crippen molar-refractivity contribution in [3.05, 3.63) is 65.2 Å². The molecule has 1 aliphatic heterocycles. The third-order valence-corrected chi connectivity index (χ3v) is 7.72. The molecule has 41 heavy (non-hydrogen) atoms. The molecule has 0 saturated heterocycles. The lowest BCUT2D eigenvalue weighted by Crippen LogP contribution is -2.20. The Kier molecular flexibility index (Phi) is 7.37. The fourth-order valence-electron chi connectivity index (χ4n) is 5.12. The lowest BCUT2D eigenvalue weighted by atomic mass is 9.85. The number of methoxy groups -OCH3 is 1. The maximum absolute atomic E-state index is 13.4. The van der Waals surface area contributed by atoms with Crippen molar-refractivity contribution < 1.29 is 17.9 Å². The van der Waals surface area contributed by atoms with E-state index in [9.17, 15) is 13.2 Å². The molecule has 5 rings (SSSR count). The van der Waals surface area contributed by atoms with E-state index in [1.807, 2.05) is 46.2 Å². The Morgan fingerprint density at radius 3 is 2.61 bits per heavy atom. The molecule has 0 bridgehead atoms. The predicted molar refractivity (Wildman–Crippen MR) is 158 cm³/mol. The first-order chi connectivity index (χ1) is 19.4. The fourth-order valence-corrected chi connectivity index (χ4v) is 5.69. The summed E-state index contributed by atoms with van der Waals surface area (Å²) >= 11 is 0. The van der Waals surface area contributed by atoms with E-state index in [2.05, 4.69) is 29.9 Å². The number of nitrogens with zero attached hydrogens (tertiary/aromatic N) is 5. The van der Waals surface area contributed by atoms with Crippen LogP contribution in [-0.2, 0) is 28.4 Å². The molecule has 2 aromatic heterocycles. The molecule has 2 N–H and O–H groups in total. The maximum atomic E-state index is 13.4. The zero-order chi connectivity index (χ0) is 29.5.